The van der Waals surface area contributed by atoms with E-state index in [0.717, 1.165) is 66.5 Å². The van der Waals surface area contributed by atoms with Crippen molar-refractivity contribution in [1.82, 2.24) is 29.7 Å². The van der Waals surface area contributed by atoms with Crippen molar-refractivity contribution in [2.24, 2.45) is 0 Å². The first-order chi connectivity index (χ1) is 22.6. The van der Waals surface area contributed by atoms with Gasteiger partial charge in [0.15, 0.2) is 5.65 Å². The summed E-state index contributed by atoms with van der Waals surface area (Å²) in [5.41, 5.74) is 3.95. The number of rotatable bonds is 6. The third kappa shape index (κ3) is 6.32. The van der Waals surface area contributed by atoms with Gasteiger partial charge in [-0.2, -0.15) is 5.10 Å². The van der Waals surface area contributed by atoms with E-state index >= 15 is 0 Å². The van der Waals surface area contributed by atoms with Crippen molar-refractivity contribution in [2.75, 3.05) is 23.3 Å². The second-order valence-electron chi connectivity index (χ2n) is 13.3. The van der Waals surface area contributed by atoms with Crippen LogP contribution in [0.15, 0.2) is 66.9 Å². The number of hydrogen-bond acceptors (Lipinski definition) is 7. The topological polar surface area (TPSA) is 122 Å². The van der Waals surface area contributed by atoms with Crippen LogP contribution in [0.25, 0.3) is 11.3 Å². The molecular formula is C35H39ClN8O3. The molecular weight excluding hydrogens is 616 g/mol. The molecule has 1 aliphatic heterocycles. The molecule has 0 spiro atoms. The zero-order chi connectivity index (χ0) is 32.7. The average Bonchev–Trinajstić information content (AvgIpc) is 3.68. The number of fused-ring (bicyclic) bond motifs is 2. The summed E-state index contributed by atoms with van der Waals surface area (Å²) in [6.45, 7) is 8.12. The Hall–Kier alpha value is -4.77. The van der Waals surface area contributed by atoms with E-state index in [1.165, 1.54) is 12.5 Å². The second-order valence-corrected chi connectivity index (χ2v) is 13.7. The molecule has 1 unspecified atom stereocenters. The van der Waals surface area contributed by atoms with E-state index in [9.17, 15) is 9.90 Å². The van der Waals surface area contributed by atoms with Crippen LogP contribution < -0.4 is 20.3 Å². The number of phenols is 1. The molecule has 0 bridgehead atoms. The van der Waals surface area contributed by atoms with Gasteiger partial charge < -0.3 is 20.1 Å². The number of carbonyl (C=O) groups is 1. The smallest absolute Gasteiger partial charge is 0.320 e. The van der Waals surface area contributed by atoms with E-state index in [4.69, 9.17) is 21.4 Å². The normalized spacial score (nSPS) is 18.2. The fourth-order valence-electron chi connectivity index (χ4n) is 6.40. The maximum absolute atomic E-state index is 13.5. The number of piperidine rings is 1. The van der Waals surface area contributed by atoms with Crippen molar-refractivity contribution >= 4 is 35.0 Å². The van der Waals surface area contributed by atoms with Gasteiger partial charge in [-0.1, -0.05) is 56.6 Å². The van der Waals surface area contributed by atoms with Crippen molar-refractivity contribution in [1.29, 1.82) is 0 Å². The first kappa shape index (κ1) is 30.9. The Kier molecular flexibility index (Phi) is 8.17. The molecule has 0 saturated carbocycles. The van der Waals surface area contributed by atoms with Gasteiger partial charge in [-0.05, 0) is 67.5 Å². The number of pyridine rings is 1. The van der Waals surface area contributed by atoms with Crippen LogP contribution in [0.4, 0.5) is 16.6 Å². The minimum atomic E-state index is -0.354. The van der Waals surface area contributed by atoms with E-state index in [0.29, 0.717) is 17.9 Å². The molecule has 2 amide bonds. The summed E-state index contributed by atoms with van der Waals surface area (Å²) >= 11 is 6.05. The summed E-state index contributed by atoms with van der Waals surface area (Å²) < 4.78 is 10.2. The number of amides is 2. The Morgan fingerprint density at radius 1 is 0.979 bits per heavy atom. The van der Waals surface area contributed by atoms with Gasteiger partial charge in [0, 0.05) is 30.6 Å². The Morgan fingerprint density at radius 3 is 2.53 bits per heavy atom. The fraction of sp³-hybridized carbons (Fsp3) is 0.371. The van der Waals surface area contributed by atoms with Crippen LogP contribution >= 0.6 is 11.6 Å². The zero-order valence-corrected chi connectivity index (χ0v) is 27.5. The number of anilines is 2. The third-order valence-electron chi connectivity index (χ3n) is 8.91. The van der Waals surface area contributed by atoms with E-state index < -0.39 is 0 Å². The molecule has 1 saturated heterocycles. The first-order valence-corrected chi connectivity index (χ1v) is 16.5. The molecule has 3 N–H and O–H groups in total. The molecule has 1 fully saturated rings. The van der Waals surface area contributed by atoms with Crippen LogP contribution in [-0.4, -0.2) is 48.6 Å². The molecule has 5 aromatic rings. The van der Waals surface area contributed by atoms with Crippen molar-refractivity contribution in [3.05, 3.63) is 88.7 Å². The summed E-state index contributed by atoms with van der Waals surface area (Å²) in [7, 11) is 0. The lowest BCUT2D eigenvalue weighted by atomic mass is 9.85. The molecule has 11 nitrogen and oxygen atoms in total. The minimum absolute atomic E-state index is 0.0629. The Bertz CT molecular complexity index is 1920. The van der Waals surface area contributed by atoms with E-state index in [1.807, 2.05) is 47.0 Å². The minimum Gasteiger partial charge on any atom is -0.506 e. The molecule has 4 heterocycles. The molecule has 2 aliphatic rings. The summed E-state index contributed by atoms with van der Waals surface area (Å²) in [5.74, 6) is 2.02. The summed E-state index contributed by atoms with van der Waals surface area (Å²) in [6.07, 6.45) is 6.79. The van der Waals surface area contributed by atoms with E-state index in [-0.39, 0.29) is 34.4 Å². The highest BCUT2D eigenvalue weighted by Gasteiger charge is 2.30. The predicted octanol–water partition coefficient (Wildman–Crippen LogP) is 7.34. The lowest BCUT2D eigenvalue weighted by Crippen LogP contribution is -2.36. The molecule has 2 atom stereocenters. The highest BCUT2D eigenvalue weighted by atomic mass is 35.5. The SMILES string of the molecule is CC(C)(C)c1cc(NC(=O)NC2CC[C@@H](Oc3ccc4nnc(N5CCCCC5)n4c3)c3ccccc32)n(-c2ccc(Cl)c(O)c2)n1. The van der Waals surface area contributed by atoms with Crippen molar-refractivity contribution < 1.29 is 14.6 Å². The van der Waals surface area contributed by atoms with Crippen LogP contribution in [0.2, 0.25) is 5.02 Å². The van der Waals surface area contributed by atoms with E-state index in [2.05, 4.69) is 52.6 Å². The lowest BCUT2D eigenvalue weighted by molar-refractivity contribution is 0.171. The number of aromatic hydroxyl groups is 1. The number of nitrogens with one attached hydrogen (secondary N) is 2. The molecule has 3 aromatic heterocycles. The Morgan fingerprint density at radius 2 is 1.77 bits per heavy atom. The number of ether oxygens (including phenoxy) is 1. The van der Waals surface area contributed by atoms with Gasteiger partial charge in [-0.25, -0.2) is 9.48 Å². The van der Waals surface area contributed by atoms with Crippen LogP contribution in [0.1, 0.15) is 81.8 Å². The molecule has 47 heavy (non-hydrogen) atoms. The number of nitrogens with zero attached hydrogens (tertiary/aromatic N) is 6. The second kappa shape index (κ2) is 12.4. The predicted molar refractivity (Wildman–Crippen MR) is 182 cm³/mol. The van der Waals surface area contributed by atoms with Gasteiger partial charge in [0.2, 0.25) is 5.95 Å². The van der Waals surface area contributed by atoms with Gasteiger partial charge in [-0.15, -0.1) is 10.2 Å². The van der Waals surface area contributed by atoms with E-state index in [1.54, 1.807) is 16.8 Å². The molecule has 244 valence electrons. The number of aromatic nitrogens is 5. The maximum Gasteiger partial charge on any atom is 0.320 e. The number of urea groups is 1. The number of phenolic OH excluding ortho intramolecular Hbond substituents is 1. The number of halogens is 1. The summed E-state index contributed by atoms with van der Waals surface area (Å²) in [6, 6.07) is 18.2. The largest absolute Gasteiger partial charge is 0.506 e. The quantitative estimate of drug-likeness (QED) is 0.175. The molecule has 2 aromatic carbocycles. The van der Waals surface area contributed by atoms with Gasteiger partial charge in [0.25, 0.3) is 0 Å². The van der Waals surface area contributed by atoms with Gasteiger partial charge in [0.05, 0.1) is 28.6 Å². The van der Waals surface area contributed by atoms with Crippen LogP contribution in [-0.2, 0) is 5.41 Å². The number of benzene rings is 2. The van der Waals surface area contributed by atoms with Crippen LogP contribution in [0.5, 0.6) is 11.5 Å². The molecule has 1 aliphatic carbocycles. The van der Waals surface area contributed by atoms with Gasteiger partial charge in [0.1, 0.15) is 23.4 Å². The standard InChI is InChI=1S/C35H39ClN8O3/c1-35(2,3)30-20-32(44(41-30)22-11-13-26(36)28(45)19-22)38-33(46)37-27-14-15-29(25-10-6-5-9-24(25)27)47-23-12-16-31-39-40-34(43(31)21-23)42-17-7-4-8-18-42/h5-6,9-13,16,19-21,27,29,45H,4,7-8,14-15,17-18H2,1-3H3,(H2,37,38,46)/t27?,29-/m1/s1. The Balaban J connectivity index is 1.09. The monoisotopic (exact) mass is 654 g/mol. The number of carbonyl (C=O) groups excluding carboxylic acids is 1. The van der Waals surface area contributed by atoms with Crippen molar-refractivity contribution in [3.8, 4) is 17.2 Å². The summed E-state index contributed by atoms with van der Waals surface area (Å²) in [4.78, 5) is 15.8. The molecule has 12 heteroatoms. The van der Waals surface area contributed by atoms with Crippen molar-refractivity contribution in [2.45, 2.75) is 70.4 Å². The third-order valence-corrected chi connectivity index (χ3v) is 9.23. The van der Waals surface area contributed by atoms with Crippen LogP contribution in [0.3, 0.4) is 0 Å². The van der Waals surface area contributed by atoms with Crippen LogP contribution in [0, 0.1) is 0 Å². The summed E-state index contributed by atoms with van der Waals surface area (Å²) in [5, 5.41) is 30.2. The number of hydrogen-bond donors (Lipinski definition) is 3. The zero-order valence-electron chi connectivity index (χ0n) is 26.8. The van der Waals surface area contributed by atoms with Crippen molar-refractivity contribution in [3.63, 3.8) is 0 Å². The highest BCUT2D eigenvalue weighted by molar-refractivity contribution is 6.32. The first-order valence-electron chi connectivity index (χ1n) is 16.2. The van der Waals surface area contributed by atoms with Gasteiger partial charge in [-0.3, -0.25) is 9.72 Å². The molecule has 7 rings (SSSR count). The highest BCUT2D eigenvalue weighted by Crippen LogP contribution is 2.39. The fourth-order valence-corrected chi connectivity index (χ4v) is 6.52. The van der Waals surface area contributed by atoms with Gasteiger partial charge >= 0.3 is 6.03 Å². The Labute approximate surface area is 278 Å². The molecule has 0 radical (unpaired) electrons. The maximum atomic E-state index is 13.5. The average molecular weight is 655 g/mol. The lowest BCUT2D eigenvalue weighted by Gasteiger charge is -2.32.